The Morgan fingerprint density at radius 2 is 2.26 bits per heavy atom. The molecule has 1 amide bonds. The highest BCUT2D eigenvalue weighted by Gasteiger charge is 2.07. The van der Waals surface area contributed by atoms with Crippen LogP contribution >= 0.6 is 11.6 Å². The fourth-order valence-corrected chi connectivity index (χ4v) is 1.54. The Morgan fingerprint density at radius 3 is 2.84 bits per heavy atom. The first-order chi connectivity index (χ1) is 9.08. The quantitative estimate of drug-likeness (QED) is 0.360. The largest absolute Gasteiger partial charge is 0.386 e. The van der Waals surface area contributed by atoms with Crippen LogP contribution in [0, 0.1) is 6.92 Å². The number of ether oxygens (including phenoxy) is 1. The molecule has 0 aliphatic carbocycles. The van der Waals surface area contributed by atoms with Crippen LogP contribution in [0.2, 0.25) is 0 Å². The van der Waals surface area contributed by atoms with Gasteiger partial charge in [-0.15, -0.1) is 11.6 Å². The lowest BCUT2D eigenvalue weighted by Gasteiger charge is -2.07. The van der Waals surface area contributed by atoms with Gasteiger partial charge in [-0.05, 0) is 30.7 Å². The number of rotatable bonds is 6. The average Bonchev–Trinajstić information content (AvgIpc) is 2.41. The Bertz CT molecular complexity index is 475. The molecule has 6 heteroatoms. The Hall–Kier alpha value is -1.59. The molecule has 1 aromatic carbocycles. The lowest BCUT2D eigenvalue weighted by molar-refractivity contribution is 0.0937. The maximum Gasteiger partial charge on any atom is 0.251 e. The molecule has 3 N–H and O–H groups in total. The van der Waals surface area contributed by atoms with Crippen molar-refractivity contribution in [3.05, 3.63) is 29.3 Å². The Labute approximate surface area is 117 Å². The molecule has 0 aliphatic heterocycles. The lowest BCUT2D eigenvalue weighted by Crippen LogP contribution is -2.26. The first-order valence-electron chi connectivity index (χ1n) is 5.85. The molecule has 104 valence electrons. The van der Waals surface area contributed by atoms with E-state index < -0.39 is 0 Å². The number of nitrogens with zero attached hydrogens (tertiary/aromatic N) is 1. The number of nitrogens with one attached hydrogen (secondary N) is 1. The van der Waals surface area contributed by atoms with Crippen LogP contribution in [0.3, 0.4) is 0 Å². The summed E-state index contributed by atoms with van der Waals surface area (Å²) in [5.41, 5.74) is 7.74. The van der Waals surface area contributed by atoms with Gasteiger partial charge in [0.1, 0.15) is 5.84 Å². The number of alkyl halides is 1. The SMILES string of the molecule is COCCNC(=O)c1ccc(N=C(N)CCl)c(C)c1. The highest BCUT2D eigenvalue weighted by Crippen LogP contribution is 2.19. The van der Waals surface area contributed by atoms with E-state index in [0.29, 0.717) is 30.2 Å². The summed E-state index contributed by atoms with van der Waals surface area (Å²) in [6.45, 7) is 2.83. The zero-order valence-corrected chi connectivity index (χ0v) is 11.8. The van der Waals surface area contributed by atoms with Crippen molar-refractivity contribution >= 4 is 29.0 Å². The number of carbonyl (C=O) groups excluding carboxylic acids is 1. The van der Waals surface area contributed by atoms with Gasteiger partial charge in [0.25, 0.3) is 5.91 Å². The van der Waals surface area contributed by atoms with Crippen molar-refractivity contribution in [1.82, 2.24) is 5.32 Å². The number of aliphatic imine (C=N–C) groups is 1. The van der Waals surface area contributed by atoms with Gasteiger partial charge in [0.2, 0.25) is 0 Å². The molecule has 1 aromatic rings. The van der Waals surface area contributed by atoms with E-state index in [1.165, 1.54) is 0 Å². The van der Waals surface area contributed by atoms with Crippen LogP contribution in [0.15, 0.2) is 23.2 Å². The zero-order chi connectivity index (χ0) is 14.3. The van der Waals surface area contributed by atoms with Crippen molar-refractivity contribution < 1.29 is 9.53 Å². The smallest absolute Gasteiger partial charge is 0.251 e. The van der Waals surface area contributed by atoms with Gasteiger partial charge in [-0.25, -0.2) is 4.99 Å². The van der Waals surface area contributed by atoms with Crippen molar-refractivity contribution in [3.63, 3.8) is 0 Å². The van der Waals surface area contributed by atoms with Crippen molar-refractivity contribution in [1.29, 1.82) is 0 Å². The number of amides is 1. The molecule has 0 aromatic heterocycles. The molecule has 0 bridgehead atoms. The van der Waals surface area contributed by atoms with Gasteiger partial charge in [-0.3, -0.25) is 4.79 Å². The van der Waals surface area contributed by atoms with E-state index >= 15 is 0 Å². The van der Waals surface area contributed by atoms with Gasteiger partial charge in [0.05, 0.1) is 18.2 Å². The number of halogens is 1. The van der Waals surface area contributed by atoms with Crippen molar-refractivity contribution in [2.24, 2.45) is 10.7 Å². The molecule has 0 radical (unpaired) electrons. The summed E-state index contributed by atoms with van der Waals surface area (Å²) in [5.74, 6) is 0.390. The van der Waals surface area contributed by atoms with Crippen LogP contribution in [0.1, 0.15) is 15.9 Å². The second-order valence-corrected chi connectivity index (χ2v) is 4.25. The number of amidine groups is 1. The first-order valence-corrected chi connectivity index (χ1v) is 6.38. The minimum absolute atomic E-state index is 0.138. The second kappa shape index (κ2) is 7.76. The predicted molar refractivity (Wildman–Crippen MR) is 77.4 cm³/mol. The van der Waals surface area contributed by atoms with Gasteiger partial charge in [-0.1, -0.05) is 0 Å². The van der Waals surface area contributed by atoms with E-state index in [-0.39, 0.29) is 11.8 Å². The number of methoxy groups -OCH3 is 1. The zero-order valence-electron chi connectivity index (χ0n) is 11.1. The topological polar surface area (TPSA) is 76.7 Å². The third-order valence-electron chi connectivity index (χ3n) is 2.45. The number of hydrogen-bond donors (Lipinski definition) is 2. The fourth-order valence-electron chi connectivity index (χ4n) is 1.48. The molecule has 0 atom stereocenters. The van der Waals surface area contributed by atoms with Gasteiger partial charge < -0.3 is 15.8 Å². The molecule has 19 heavy (non-hydrogen) atoms. The molecule has 0 heterocycles. The van der Waals surface area contributed by atoms with E-state index in [0.717, 1.165) is 5.56 Å². The summed E-state index contributed by atoms with van der Waals surface area (Å²) in [7, 11) is 1.59. The van der Waals surface area contributed by atoms with Gasteiger partial charge >= 0.3 is 0 Å². The number of hydrogen-bond acceptors (Lipinski definition) is 3. The lowest BCUT2D eigenvalue weighted by atomic mass is 10.1. The molecule has 0 fully saturated rings. The summed E-state index contributed by atoms with van der Waals surface area (Å²) in [6, 6.07) is 5.22. The predicted octanol–water partition coefficient (Wildman–Crippen LogP) is 1.60. The number of carbonyl (C=O) groups is 1. The van der Waals surface area contributed by atoms with E-state index in [4.69, 9.17) is 22.1 Å². The Balaban J connectivity index is 2.79. The van der Waals surface area contributed by atoms with Crippen LogP contribution in [-0.4, -0.2) is 37.9 Å². The van der Waals surface area contributed by atoms with Crippen molar-refractivity contribution in [3.8, 4) is 0 Å². The van der Waals surface area contributed by atoms with Gasteiger partial charge in [-0.2, -0.15) is 0 Å². The molecule has 0 saturated carbocycles. The van der Waals surface area contributed by atoms with E-state index in [9.17, 15) is 4.79 Å². The molecule has 0 aliphatic rings. The maximum absolute atomic E-state index is 11.8. The van der Waals surface area contributed by atoms with Crippen LogP contribution in [-0.2, 0) is 4.74 Å². The minimum atomic E-state index is -0.138. The number of benzene rings is 1. The fraction of sp³-hybridized carbons (Fsp3) is 0.385. The highest BCUT2D eigenvalue weighted by molar-refractivity contribution is 6.28. The summed E-state index contributed by atoms with van der Waals surface area (Å²) in [4.78, 5) is 16.0. The summed E-state index contributed by atoms with van der Waals surface area (Å²) < 4.78 is 4.87. The molecule has 0 unspecified atom stereocenters. The van der Waals surface area contributed by atoms with Crippen LogP contribution in [0.25, 0.3) is 0 Å². The van der Waals surface area contributed by atoms with Crippen LogP contribution in [0.4, 0.5) is 5.69 Å². The summed E-state index contributed by atoms with van der Waals surface area (Å²) >= 11 is 5.58. The second-order valence-electron chi connectivity index (χ2n) is 3.99. The summed E-state index contributed by atoms with van der Waals surface area (Å²) in [5, 5.41) is 2.75. The number of aryl methyl sites for hydroxylation is 1. The standard InChI is InChI=1S/C13H18ClN3O2/c1-9-7-10(13(18)16-5-6-19-2)3-4-11(9)17-12(15)8-14/h3-4,7H,5-6,8H2,1-2H3,(H2,15,17)(H,16,18). The first kappa shape index (κ1) is 15.5. The van der Waals surface area contributed by atoms with Crippen LogP contribution in [0.5, 0.6) is 0 Å². The Morgan fingerprint density at radius 1 is 1.53 bits per heavy atom. The van der Waals surface area contributed by atoms with Crippen LogP contribution < -0.4 is 11.1 Å². The van der Waals surface area contributed by atoms with Gasteiger partial charge in [0.15, 0.2) is 0 Å². The van der Waals surface area contributed by atoms with Gasteiger partial charge in [0, 0.05) is 19.2 Å². The van der Waals surface area contributed by atoms with E-state index in [1.54, 1.807) is 25.3 Å². The molecular formula is C13H18ClN3O2. The minimum Gasteiger partial charge on any atom is -0.386 e. The molecule has 0 saturated heterocycles. The summed E-state index contributed by atoms with van der Waals surface area (Å²) in [6.07, 6.45) is 0. The monoisotopic (exact) mass is 283 g/mol. The Kier molecular flexibility index (Phi) is 6.32. The van der Waals surface area contributed by atoms with Crippen molar-refractivity contribution in [2.75, 3.05) is 26.1 Å². The highest BCUT2D eigenvalue weighted by atomic mass is 35.5. The normalized spacial score (nSPS) is 11.4. The molecular weight excluding hydrogens is 266 g/mol. The molecule has 5 nitrogen and oxygen atoms in total. The third-order valence-corrected chi connectivity index (χ3v) is 2.73. The number of nitrogens with two attached hydrogens (primary N) is 1. The van der Waals surface area contributed by atoms with E-state index in [2.05, 4.69) is 10.3 Å². The molecule has 1 rings (SSSR count). The van der Waals surface area contributed by atoms with E-state index in [1.807, 2.05) is 6.92 Å². The van der Waals surface area contributed by atoms with Crippen molar-refractivity contribution in [2.45, 2.75) is 6.92 Å². The third kappa shape index (κ3) is 4.89. The average molecular weight is 284 g/mol. The maximum atomic E-state index is 11.8. The molecule has 0 spiro atoms.